The Morgan fingerprint density at radius 3 is 2.88 bits per heavy atom. The summed E-state index contributed by atoms with van der Waals surface area (Å²) in [5, 5.41) is 0.439. The molecular formula is C12H9ClN4. The molecule has 0 aromatic carbocycles. The van der Waals surface area contributed by atoms with E-state index >= 15 is 0 Å². The molecule has 0 unspecified atom stereocenters. The first-order valence-corrected chi connectivity index (χ1v) is 5.53. The van der Waals surface area contributed by atoms with E-state index in [1.165, 1.54) is 6.33 Å². The SMILES string of the molecule is Cc1cnc2cc(-c3cc(Cl)ncn3)ccn12. The molecule has 0 aliphatic heterocycles. The Bertz CT molecular complexity index is 690. The largest absolute Gasteiger partial charge is 0.304 e. The number of halogens is 1. The zero-order valence-corrected chi connectivity index (χ0v) is 9.89. The average Bonchev–Trinajstić information content (AvgIpc) is 2.71. The van der Waals surface area contributed by atoms with Gasteiger partial charge in [-0.3, -0.25) is 0 Å². The van der Waals surface area contributed by atoms with Gasteiger partial charge in [-0.15, -0.1) is 0 Å². The molecule has 3 aromatic heterocycles. The van der Waals surface area contributed by atoms with E-state index in [1.54, 1.807) is 6.07 Å². The predicted octanol–water partition coefficient (Wildman–Crippen LogP) is 2.75. The highest BCUT2D eigenvalue weighted by Crippen LogP contribution is 2.20. The van der Waals surface area contributed by atoms with Gasteiger partial charge in [0.05, 0.1) is 5.69 Å². The fourth-order valence-corrected chi connectivity index (χ4v) is 1.91. The third-order valence-electron chi connectivity index (χ3n) is 2.63. The normalized spacial score (nSPS) is 10.9. The lowest BCUT2D eigenvalue weighted by Crippen LogP contribution is -1.90. The third kappa shape index (κ3) is 1.76. The standard InChI is InChI=1S/C12H9ClN4/c1-8-6-14-12-4-9(2-3-17(8)12)10-5-11(13)16-7-15-10/h2-7H,1H3. The number of rotatable bonds is 1. The number of nitrogens with zero attached hydrogens (tertiary/aromatic N) is 4. The van der Waals surface area contributed by atoms with Crippen molar-refractivity contribution in [1.29, 1.82) is 0 Å². The second-order valence-electron chi connectivity index (χ2n) is 3.77. The fraction of sp³-hybridized carbons (Fsp3) is 0.0833. The molecule has 0 aliphatic carbocycles. The summed E-state index contributed by atoms with van der Waals surface area (Å²) in [7, 11) is 0. The molecule has 17 heavy (non-hydrogen) atoms. The molecule has 0 amide bonds. The van der Waals surface area contributed by atoms with E-state index in [0.717, 1.165) is 22.6 Å². The predicted molar refractivity (Wildman–Crippen MR) is 66.0 cm³/mol. The van der Waals surface area contributed by atoms with Crippen molar-refractivity contribution in [3.05, 3.63) is 47.8 Å². The van der Waals surface area contributed by atoms with E-state index in [1.807, 2.05) is 35.9 Å². The van der Waals surface area contributed by atoms with Crippen LogP contribution in [0.15, 0.2) is 36.9 Å². The van der Waals surface area contributed by atoms with Gasteiger partial charge in [0.25, 0.3) is 0 Å². The van der Waals surface area contributed by atoms with Crippen molar-refractivity contribution in [2.75, 3.05) is 0 Å². The highest BCUT2D eigenvalue weighted by atomic mass is 35.5. The zero-order valence-electron chi connectivity index (χ0n) is 9.13. The maximum absolute atomic E-state index is 5.85. The lowest BCUT2D eigenvalue weighted by molar-refractivity contribution is 1.11. The van der Waals surface area contributed by atoms with Crippen molar-refractivity contribution >= 4 is 17.2 Å². The van der Waals surface area contributed by atoms with Gasteiger partial charge in [0.15, 0.2) is 0 Å². The molecule has 0 fully saturated rings. The second kappa shape index (κ2) is 3.82. The van der Waals surface area contributed by atoms with E-state index in [-0.39, 0.29) is 0 Å². The zero-order chi connectivity index (χ0) is 11.8. The van der Waals surface area contributed by atoms with Crippen molar-refractivity contribution < 1.29 is 0 Å². The Morgan fingerprint density at radius 2 is 2.06 bits per heavy atom. The van der Waals surface area contributed by atoms with Crippen LogP contribution in [0.25, 0.3) is 16.9 Å². The molecule has 5 heteroatoms. The highest BCUT2D eigenvalue weighted by Gasteiger charge is 2.04. The van der Waals surface area contributed by atoms with Gasteiger partial charge in [0.1, 0.15) is 17.1 Å². The number of fused-ring (bicyclic) bond motifs is 1. The van der Waals surface area contributed by atoms with Crippen LogP contribution in [0.1, 0.15) is 5.69 Å². The van der Waals surface area contributed by atoms with Gasteiger partial charge in [0, 0.05) is 29.7 Å². The van der Waals surface area contributed by atoms with Gasteiger partial charge in [-0.25, -0.2) is 15.0 Å². The van der Waals surface area contributed by atoms with Gasteiger partial charge in [-0.2, -0.15) is 0 Å². The van der Waals surface area contributed by atoms with E-state index in [0.29, 0.717) is 5.15 Å². The Hall–Kier alpha value is -1.94. The van der Waals surface area contributed by atoms with Crippen LogP contribution in [-0.2, 0) is 0 Å². The molecule has 84 valence electrons. The molecule has 0 atom stereocenters. The minimum Gasteiger partial charge on any atom is -0.304 e. The number of hydrogen-bond donors (Lipinski definition) is 0. The summed E-state index contributed by atoms with van der Waals surface area (Å²) in [4.78, 5) is 12.4. The first kappa shape index (κ1) is 10.2. The topological polar surface area (TPSA) is 43.1 Å². The van der Waals surface area contributed by atoms with E-state index < -0.39 is 0 Å². The molecule has 0 spiro atoms. The minimum atomic E-state index is 0.439. The molecule has 0 radical (unpaired) electrons. The number of imidazole rings is 1. The maximum atomic E-state index is 5.85. The summed E-state index contributed by atoms with van der Waals surface area (Å²) >= 11 is 5.85. The first-order valence-electron chi connectivity index (χ1n) is 5.16. The van der Waals surface area contributed by atoms with Gasteiger partial charge < -0.3 is 4.40 Å². The van der Waals surface area contributed by atoms with Crippen LogP contribution >= 0.6 is 11.6 Å². The lowest BCUT2D eigenvalue weighted by atomic mass is 10.2. The summed E-state index contributed by atoms with van der Waals surface area (Å²) in [6, 6.07) is 5.70. The van der Waals surface area contributed by atoms with Crippen LogP contribution in [0.2, 0.25) is 5.15 Å². The van der Waals surface area contributed by atoms with Crippen molar-refractivity contribution in [2.45, 2.75) is 6.92 Å². The summed E-state index contributed by atoms with van der Waals surface area (Å²) < 4.78 is 2.02. The Kier molecular flexibility index (Phi) is 2.30. The van der Waals surface area contributed by atoms with Crippen LogP contribution in [0, 0.1) is 6.92 Å². The number of hydrogen-bond acceptors (Lipinski definition) is 3. The van der Waals surface area contributed by atoms with Crippen LogP contribution in [-0.4, -0.2) is 19.4 Å². The molecule has 0 saturated heterocycles. The third-order valence-corrected chi connectivity index (χ3v) is 2.83. The molecular weight excluding hydrogens is 236 g/mol. The Morgan fingerprint density at radius 1 is 1.18 bits per heavy atom. The summed E-state index contributed by atoms with van der Waals surface area (Å²) in [5.41, 5.74) is 3.78. The van der Waals surface area contributed by atoms with Crippen LogP contribution in [0.5, 0.6) is 0 Å². The van der Waals surface area contributed by atoms with Gasteiger partial charge in [-0.05, 0) is 19.1 Å². The number of aromatic nitrogens is 4. The lowest BCUT2D eigenvalue weighted by Gasteiger charge is -2.02. The minimum absolute atomic E-state index is 0.439. The molecule has 0 saturated carbocycles. The molecule has 0 bridgehead atoms. The maximum Gasteiger partial charge on any atom is 0.137 e. The molecule has 3 rings (SSSR count). The average molecular weight is 245 g/mol. The van der Waals surface area contributed by atoms with Crippen molar-refractivity contribution in [3.63, 3.8) is 0 Å². The first-order chi connectivity index (χ1) is 8.24. The van der Waals surface area contributed by atoms with E-state index in [9.17, 15) is 0 Å². The molecule has 3 heterocycles. The Labute approximate surface area is 103 Å². The quantitative estimate of drug-likeness (QED) is 0.618. The molecule has 0 aliphatic rings. The fourth-order valence-electron chi connectivity index (χ4n) is 1.76. The highest BCUT2D eigenvalue weighted by molar-refractivity contribution is 6.29. The van der Waals surface area contributed by atoms with Crippen LogP contribution < -0.4 is 0 Å². The monoisotopic (exact) mass is 244 g/mol. The van der Waals surface area contributed by atoms with Gasteiger partial charge >= 0.3 is 0 Å². The molecule has 3 aromatic rings. The van der Waals surface area contributed by atoms with Crippen molar-refractivity contribution in [1.82, 2.24) is 19.4 Å². The summed E-state index contributed by atoms with van der Waals surface area (Å²) in [5.74, 6) is 0. The van der Waals surface area contributed by atoms with Crippen molar-refractivity contribution in [2.24, 2.45) is 0 Å². The van der Waals surface area contributed by atoms with Gasteiger partial charge in [-0.1, -0.05) is 11.6 Å². The molecule has 0 N–H and O–H groups in total. The van der Waals surface area contributed by atoms with E-state index in [4.69, 9.17) is 11.6 Å². The summed E-state index contributed by atoms with van der Waals surface area (Å²) in [6.45, 7) is 2.02. The number of aryl methyl sites for hydroxylation is 1. The summed E-state index contributed by atoms with van der Waals surface area (Å²) in [6.07, 6.45) is 5.27. The van der Waals surface area contributed by atoms with Crippen LogP contribution in [0.3, 0.4) is 0 Å². The van der Waals surface area contributed by atoms with Gasteiger partial charge in [0.2, 0.25) is 0 Å². The number of pyridine rings is 1. The van der Waals surface area contributed by atoms with Crippen molar-refractivity contribution in [3.8, 4) is 11.3 Å². The Balaban J connectivity index is 2.18. The smallest absolute Gasteiger partial charge is 0.137 e. The second-order valence-corrected chi connectivity index (χ2v) is 4.16. The van der Waals surface area contributed by atoms with E-state index in [2.05, 4.69) is 15.0 Å². The molecule has 4 nitrogen and oxygen atoms in total. The van der Waals surface area contributed by atoms with Crippen LogP contribution in [0.4, 0.5) is 0 Å².